The van der Waals surface area contributed by atoms with E-state index in [9.17, 15) is 9.18 Å². The maximum Gasteiger partial charge on any atom is 0.308 e. The molecule has 0 atom stereocenters. The first-order valence-corrected chi connectivity index (χ1v) is 6.26. The Kier molecular flexibility index (Phi) is 4.19. The van der Waals surface area contributed by atoms with Gasteiger partial charge in [-0.05, 0) is 31.7 Å². The van der Waals surface area contributed by atoms with Crippen LogP contribution in [0.25, 0.3) is 0 Å². The third-order valence-corrected chi connectivity index (χ3v) is 3.35. The molecule has 0 aromatic carbocycles. The highest BCUT2D eigenvalue weighted by atomic mass is 19.1. The minimum Gasteiger partial charge on any atom is -0.474 e. The van der Waals surface area contributed by atoms with Crippen LogP contribution in [0.5, 0.6) is 5.88 Å². The van der Waals surface area contributed by atoms with Crippen LogP contribution in [0.4, 0.5) is 10.1 Å². The number of hydrogen-bond acceptors (Lipinski definition) is 5. The van der Waals surface area contributed by atoms with Crippen molar-refractivity contribution in [2.75, 3.05) is 12.8 Å². The Bertz CT molecular complexity index is 459. The van der Waals surface area contributed by atoms with Gasteiger partial charge in [0, 0.05) is 6.07 Å². The highest BCUT2D eigenvalue weighted by Gasteiger charge is 2.28. The molecule has 2 N–H and O–H groups in total. The SMILES string of the molecule is COC(=O)[C@H]1CC[C@@H](Oc2ccc(N)c(F)n2)CC1. The minimum absolute atomic E-state index is 0.00162. The summed E-state index contributed by atoms with van der Waals surface area (Å²) in [6.45, 7) is 0. The van der Waals surface area contributed by atoms with Crippen LogP contribution in [0.3, 0.4) is 0 Å². The molecule has 0 saturated heterocycles. The fourth-order valence-corrected chi connectivity index (χ4v) is 2.25. The van der Waals surface area contributed by atoms with Crippen LogP contribution < -0.4 is 10.5 Å². The molecule has 19 heavy (non-hydrogen) atoms. The summed E-state index contributed by atoms with van der Waals surface area (Å²) in [5.74, 6) is -0.718. The summed E-state index contributed by atoms with van der Waals surface area (Å²) in [4.78, 5) is 15.0. The van der Waals surface area contributed by atoms with Gasteiger partial charge in [0.1, 0.15) is 6.10 Å². The van der Waals surface area contributed by atoms with Gasteiger partial charge >= 0.3 is 5.97 Å². The standard InChI is InChI=1S/C13H17FN2O3/c1-18-13(17)8-2-4-9(5-3-8)19-11-7-6-10(15)12(14)16-11/h6-9H,2-5,15H2,1H3/t8-,9+. The largest absolute Gasteiger partial charge is 0.474 e. The van der Waals surface area contributed by atoms with E-state index in [1.54, 1.807) is 6.07 Å². The number of pyridine rings is 1. The van der Waals surface area contributed by atoms with Crippen molar-refractivity contribution < 1.29 is 18.7 Å². The molecule has 0 unspecified atom stereocenters. The monoisotopic (exact) mass is 268 g/mol. The molecular formula is C13H17FN2O3. The van der Waals surface area contributed by atoms with Crippen molar-refractivity contribution >= 4 is 11.7 Å². The zero-order valence-corrected chi connectivity index (χ0v) is 10.8. The number of carbonyl (C=O) groups excluding carboxylic acids is 1. The van der Waals surface area contributed by atoms with Crippen molar-refractivity contribution in [3.8, 4) is 5.88 Å². The third-order valence-electron chi connectivity index (χ3n) is 3.35. The minimum atomic E-state index is -0.722. The second-order valence-electron chi connectivity index (χ2n) is 4.64. The van der Waals surface area contributed by atoms with Gasteiger partial charge in [-0.1, -0.05) is 0 Å². The molecule has 1 aliphatic rings. The number of nitrogens with zero attached hydrogens (tertiary/aromatic N) is 1. The highest BCUT2D eigenvalue weighted by molar-refractivity contribution is 5.72. The lowest BCUT2D eigenvalue weighted by molar-refractivity contribution is -0.147. The number of methoxy groups -OCH3 is 1. The number of esters is 1. The number of anilines is 1. The van der Waals surface area contributed by atoms with Crippen molar-refractivity contribution in [1.82, 2.24) is 4.98 Å². The Balaban J connectivity index is 1.88. The lowest BCUT2D eigenvalue weighted by Crippen LogP contribution is -2.28. The average molecular weight is 268 g/mol. The highest BCUT2D eigenvalue weighted by Crippen LogP contribution is 2.28. The summed E-state index contributed by atoms with van der Waals surface area (Å²) in [6, 6.07) is 2.97. The van der Waals surface area contributed by atoms with Crippen molar-refractivity contribution in [2.24, 2.45) is 5.92 Å². The molecule has 2 rings (SSSR count). The average Bonchev–Trinajstić information content (AvgIpc) is 2.43. The van der Waals surface area contributed by atoms with E-state index in [0.717, 1.165) is 25.7 Å². The molecule has 1 aliphatic carbocycles. The van der Waals surface area contributed by atoms with Gasteiger partial charge in [-0.3, -0.25) is 4.79 Å². The van der Waals surface area contributed by atoms with Crippen molar-refractivity contribution in [2.45, 2.75) is 31.8 Å². The Morgan fingerprint density at radius 3 is 2.63 bits per heavy atom. The Morgan fingerprint density at radius 2 is 2.05 bits per heavy atom. The van der Waals surface area contributed by atoms with E-state index in [-0.39, 0.29) is 29.6 Å². The Labute approximate surface area is 110 Å². The molecular weight excluding hydrogens is 251 g/mol. The Hall–Kier alpha value is -1.85. The first-order valence-electron chi connectivity index (χ1n) is 6.26. The van der Waals surface area contributed by atoms with Crippen LogP contribution in [0.2, 0.25) is 0 Å². The maximum atomic E-state index is 13.2. The van der Waals surface area contributed by atoms with Gasteiger partial charge in [0.2, 0.25) is 11.8 Å². The first-order chi connectivity index (χ1) is 9.10. The molecule has 1 heterocycles. The summed E-state index contributed by atoms with van der Waals surface area (Å²) in [6.07, 6.45) is 2.85. The van der Waals surface area contributed by atoms with Gasteiger partial charge in [0.25, 0.3) is 0 Å². The first kappa shape index (κ1) is 13.6. The van der Waals surface area contributed by atoms with Crippen LogP contribution in [0.15, 0.2) is 12.1 Å². The van der Waals surface area contributed by atoms with Gasteiger partial charge in [-0.25, -0.2) is 0 Å². The predicted octanol–water partition coefficient (Wildman–Crippen LogP) is 1.91. The predicted molar refractivity (Wildman–Crippen MR) is 67.0 cm³/mol. The van der Waals surface area contributed by atoms with Gasteiger partial charge in [0.15, 0.2) is 0 Å². The second-order valence-corrected chi connectivity index (χ2v) is 4.64. The van der Waals surface area contributed by atoms with Crippen molar-refractivity contribution in [3.63, 3.8) is 0 Å². The van der Waals surface area contributed by atoms with Gasteiger partial charge < -0.3 is 15.2 Å². The molecule has 6 heteroatoms. The van der Waals surface area contributed by atoms with Gasteiger partial charge in [-0.15, -0.1) is 0 Å². The summed E-state index contributed by atoms with van der Waals surface area (Å²) in [7, 11) is 1.39. The normalized spacial score (nSPS) is 22.8. The number of nitrogens with two attached hydrogens (primary N) is 1. The lowest BCUT2D eigenvalue weighted by Gasteiger charge is -2.27. The number of hydrogen-bond donors (Lipinski definition) is 1. The van der Waals surface area contributed by atoms with Gasteiger partial charge in [0.05, 0.1) is 18.7 Å². The third kappa shape index (κ3) is 3.33. The summed E-state index contributed by atoms with van der Waals surface area (Å²) < 4.78 is 23.5. The molecule has 0 amide bonds. The van der Waals surface area contributed by atoms with Gasteiger partial charge in [-0.2, -0.15) is 9.37 Å². The topological polar surface area (TPSA) is 74.4 Å². The number of halogens is 1. The second kappa shape index (κ2) is 5.86. The number of aromatic nitrogens is 1. The fraction of sp³-hybridized carbons (Fsp3) is 0.538. The maximum absolute atomic E-state index is 13.2. The number of rotatable bonds is 3. The Morgan fingerprint density at radius 1 is 1.37 bits per heavy atom. The van der Waals surface area contributed by atoms with Crippen LogP contribution >= 0.6 is 0 Å². The molecule has 1 aromatic heterocycles. The van der Waals surface area contributed by atoms with E-state index in [4.69, 9.17) is 15.2 Å². The van der Waals surface area contributed by atoms with Crippen molar-refractivity contribution in [1.29, 1.82) is 0 Å². The molecule has 0 radical (unpaired) electrons. The molecule has 0 aliphatic heterocycles. The zero-order valence-electron chi connectivity index (χ0n) is 10.8. The molecule has 1 fully saturated rings. The quantitative estimate of drug-likeness (QED) is 0.669. The molecule has 1 saturated carbocycles. The smallest absolute Gasteiger partial charge is 0.308 e. The summed E-state index contributed by atoms with van der Waals surface area (Å²) in [5.41, 5.74) is 5.35. The van der Waals surface area contributed by atoms with Crippen LogP contribution in [-0.4, -0.2) is 24.2 Å². The van der Waals surface area contributed by atoms with Crippen LogP contribution in [0, 0.1) is 11.9 Å². The van der Waals surface area contributed by atoms with E-state index < -0.39 is 5.95 Å². The van der Waals surface area contributed by atoms with E-state index >= 15 is 0 Å². The molecule has 1 aromatic rings. The van der Waals surface area contributed by atoms with Crippen LogP contribution in [0.1, 0.15) is 25.7 Å². The molecule has 104 valence electrons. The van der Waals surface area contributed by atoms with E-state index in [0.29, 0.717) is 0 Å². The van der Waals surface area contributed by atoms with Crippen LogP contribution in [-0.2, 0) is 9.53 Å². The molecule has 0 bridgehead atoms. The van der Waals surface area contributed by atoms with E-state index in [1.165, 1.54) is 13.2 Å². The molecule has 0 spiro atoms. The fourth-order valence-electron chi connectivity index (χ4n) is 2.25. The number of carbonyl (C=O) groups is 1. The zero-order chi connectivity index (χ0) is 13.8. The van der Waals surface area contributed by atoms with E-state index in [1.807, 2.05) is 0 Å². The summed E-state index contributed by atoms with van der Waals surface area (Å²) in [5, 5.41) is 0. The van der Waals surface area contributed by atoms with Crippen molar-refractivity contribution in [3.05, 3.63) is 18.1 Å². The molecule has 5 nitrogen and oxygen atoms in total. The number of ether oxygens (including phenoxy) is 2. The van der Waals surface area contributed by atoms with E-state index in [2.05, 4.69) is 4.98 Å². The number of nitrogen functional groups attached to an aromatic ring is 1. The lowest BCUT2D eigenvalue weighted by atomic mass is 9.87. The summed E-state index contributed by atoms with van der Waals surface area (Å²) >= 11 is 0.